The number of aromatic nitrogens is 5. The lowest BCUT2D eigenvalue weighted by atomic mass is 10.0. The van der Waals surface area contributed by atoms with Crippen molar-refractivity contribution in [2.45, 2.75) is 12.1 Å². The van der Waals surface area contributed by atoms with E-state index in [1.54, 1.807) is 23.0 Å². The highest BCUT2D eigenvalue weighted by molar-refractivity contribution is 6.36. The number of nitrogens with one attached hydrogen (secondary N) is 2. The Morgan fingerprint density at radius 3 is 2.56 bits per heavy atom. The summed E-state index contributed by atoms with van der Waals surface area (Å²) in [6, 6.07) is 8.30. The summed E-state index contributed by atoms with van der Waals surface area (Å²) < 4.78 is 62.9. The second-order valence-electron chi connectivity index (χ2n) is 9.19. The first kappa shape index (κ1) is 26.4. The molecule has 1 unspecified atom stereocenters. The van der Waals surface area contributed by atoms with Crippen molar-refractivity contribution >= 4 is 39.6 Å². The number of hydrogen-bond acceptors (Lipinski definition) is 8. The molecule has 0 saturated carbocycles. The van der Waals surface area contributed by atoms with Crippen LogP contribution in [0, 0.1) is 34.7 Å². The summed E-state index contributed by atoms with van der Waals surface area (Å²) in [4.78, 5) is 7.64. The number of halogens is 5. The van der Waals surface area contributed by atoms with Crippen LogP contribution in [0.25, 0.3) is 10.9 Å². The quantitative estimate of drug-likeness (QED) is 0.183. The molecule has 1 atom stereocenters. The molecule has 2 aromatic carbocycles. The van der Waals surface area contributed by atoms with E-state index in [0.717, 1.165) is 24.4 Å². The van der Waals surface area contributed by atoms with Gasteiger partial charge in [-0.1, -0.05) is 22.9 Å². The molecule has 5 aromatic rings. The van der Waals surface area contributed by atoms with Gasteiger partial charge in [-0.25, -0.2) is 22.8 Å². The van der Waals surface area contributed by atoms with Crippen molar-refractivity contribution in [1.82, 2.24) is 25.0 Å². The van der Waals surface area contributed by atoms with Gasteiger partial charge in [-0.15, -0.1) is 5.10 Å². The molecular weight excluding hydrogens is 564 g/mol. The van der Waals surface area contributed by atoms with E-state index in [1.165, 1.54) is 12.3 Å². The van der Waals surface area contributed by atoms with Gasteiger partial charge in [0.1, 0.15) is 35.5 Å². The molecule has 6 rings (SSSR count). The van der Waals surface area contributed by atoms with E-state index in [4.69, 9.17) is 16.3 Å². The fourth-order valence-corrected chi connectivity index (χ4v) is 4.65. The van der Waals surface area contributed by atoms with Crippen molar-refractivity contribution in [3.05, 3.63) is 100 Å². The molecule has 14 heteroatoms. The molecule has 1 aliphatic rings. The first-order chi connectivity index (χ1) is 19.8. The van der Waals surface area contributed by atoms with E-state index in [1.807, 2.05) is 6.07 Å². The lowest BCUT2D eigenvalue weighted by molar-refractivity contribution is -0.0293. The van der Waals surface area contributed by atoms with Gasteiger partial charge in [0.2, 0.25) is 5.95 Å². The van der Waals surface area contributed by atoms with Crippen molar-refractivity contribution in [1.29, 1.82) is 5.26 Å². The Morgan fingerprint density at radius 1 is 1.02 bits per heavy atom. The average molecular weight is 581 g/mol. The van der Waals surface area contributed by atoms with Crippen molar-refractivity contribution < 1.29 is 22.3 Å². The van der Waals surface area contributed by atoms with Crippen LogP contribution in [0.3, 0.4) is 0 Å². The molecule has 0 radical (unpaired) electrons. The summed E-state index contributed by atoms with van der Waals surface area (Å²) in [6.07, 6.45) is 4.00. The number of nitrogens with zero attached hydrogens (tertiary/aromatic N) is 6. The van der Waals surface area contributed by atoms with Crippen LogP contribution in [0.2, 0.25) is 5.02 Å². The minimum absolute atomic E-state index is 0.0139. The number of benzene rings is 2. The summed E-state index contributed by atoms with van der Waals surface area (Å²) in [5.41, 5.74) is 1.46. The summed E-state index contributed by atoms with van der Waals surface area (Å²) in [5, 5.41) is 24.7. The molecule has 0 spiro atoms. The van der Waals surface area contributed by atoms with Crippen molar-refractivity contribution in [3.63, 3.8) is 0 Å². The fourth-order valence-electron chi connectivity index (χ4n) is 4.39. The van der Waals surface area contributed by atoms with E-state index in [0.29, 0.717) is 35.5 Å². The number of pyridine rings is 2. The summed E-state index contributed by atoms with van der Waals surface area (Å²) in [7, 11) is 0. The van der Waals surface area contributed by atoms with E-state index in [-0.39, 0.29) is 33.6 Å². The molecule has 41 heavy (non-hydrogen) atoms. The number of hydrogen-bond donors (Lipinski definition) is 2. The second-order valence-corrected chi connectivity index (χ2v) is 9.60. The van der Waals surface area contributed by atoms with Crippen LogP contribution in [0.5, 0.6) is 0 Å². The first-order valence-corrected chi connectivity index (χ1v) is 12.5. The highest BCUT2D eigenvalue weighted by Gasteiger charge is 2.27. The van der Waals surface area contributed by atoms with E-state index >= 15 is 4.39 Å². The second kappa shape index (κ2) is 10.6. The lowest BCUT2D eigenvalue weighted by Gasteiger charge is -2.25. The maximum Gasteiger partial charge on any atom is 0.249 e. The zero-order valence-corrected chi connectivity index (χ0v) is 21.5. The van der Waals surface area contributed by atoms with E-state index in [2.05, 4.69) is 30.9 Å². The smallest absolute Gasteiger partial charge is 0.249 e. The van der Waals surface area contributed by atoms with Gasteiger partial charge in [0, 0.05) is 35.0 Å². The maximum absolute atomic E-state index is 15.0. The molecule has 4 heterocycles. The fraction of sp³-hybridized carbons (Fsp3) is 0.148. The molecule has 1 aliphatic heterocycles. The summed E-state index contributed by atoms with van der Waals surface area (Å²) >= 11 is 6.57. The molecule has 2 N–H and O–H groups in total. The van der Waals surface area contributed by atoms with Gasteiger partial charge in [-0.05, 0) is 18.2 Å². The Morgan fingerprint density at radius 2 is 1.85 bits per heavy atom. The molecule has 0 aliphatic carbocycles. The maximum atomic E-state index is 15.0. The number of fused-ring (bicyclic) bond motifs is 1. The SMILES string of the molecule is N#Cc1cnc2c(Cl)cc(NC(c3cn(C4COC4)nn3)c3ccc(F)cc3F)cc2c1Nc1cnc(F)c(F)c1. The average Bonchev–Trinajstić information content (AvgIpc) is 3.38. The molecule has 9 nitrogen and oxygen atoms in total. The van der Waals surface area contributed by atoms with Crippen LogP contribution in [-0.4, -0.2) is 38.2 Å². The van der Waals surface area contributed by atoms with Crippen LogP contribution in [-0.2, 0) is 4.74 Å². The summed E-state index contributed by atoms with van der Waals surface area (Å²) in [6.45, 7) is 0.924. The molecule has 1 saturated heterocycles. The number of rotatable bonds is 7. The van der Waals surface area contributed by atoms with Gasteiger partial charge in [-0.3, -0.25) is 4.98 Å². The number of nitriles is 1. The molecule has 3 aromatic heterocycles. The van der Waals surface area contributed by atoms with Gasteiger partial charge >= 0.3 is 0 Å². The monoisotopic (exact) mass is 580 g/mol. The Labute approximate surface area is 234 Å². The number of ether oxygens (including phenoxy) is 1. The highest BCUT2D eigenvalue weighted by Crippen LogP contribution is 2.37. The van der Waals surface area contributed by atoms with E-state index < -0.39 is 29.4 Å². The van der Waals surface area contributed by atoms with Crippen LogP contribution in [0.15, 0.2) is 55.0 Å². The van der Waals surface area contributed by atoms with Gasteiger partial charge in [0.15, 0.2) is 5.82 Å². The minimum Gasteiger partial charge on any atom is -0.377 e. The molecular formula is C27H17ClF4N8O. The van der Waals surface area contributed by atoms with Gasteiger partial charge < -0.3 is 15.4 Å². The van der Waals surface area contributed by atoms with Crippen molar-refractivity contribution in [3.8, 4) is 6.07 Å². The van der Waals surface area contributed by atoms with Gasteiger partial charge in [0.05, 0.1) is 53.1 Å². The summed E-state index contributed by atoms with van der Waals surface area (Å²) in [5.74, 6) is -4.01. The Kier molecular flexibility index (Phi) is 6.86. The Hall–Kier alpha value is -4.80. The first-order valence-electron chi connectivity index (χ1n) is 12.1. The largest absolute Gasteiger partial charge is 0.377 e. The van der Waals surface area contributed by atoms with Crippen molar-refractivity contribution in [2.75, 3.05) is 23.8 Å². The number of anilines is 3. The zero-order valence-electron chi connectivity index (χ0n) is 20.7. The van der Waals surface area contributed by atoms with Crippen LogP contribution < -0.4 is 10.6 Å². The molecule has 206 valence electrons. The predicted octanol–water partition coefficient (Wildman–Crippen LogP) is 5.82. The van der Waals surface area contributed by atoms with Crippen molar-refractivity contribution in [2.24, 2.45) is 0 Å². The molecule has 0 bridgehead atoms. The zero-order chi connectivity index (χ0) is 28.7. The Balaban J connectivity index is 1.45. The minimum atomic E-state index is -1.27. The highest BCUT2D eigenvalue weighted by atomic mass is 35.5. The third-order valence-corrected chi connectivity index (χ3v) is 6.80. The van der Waals surface area contributed by atoms with Gasteiger partial charge in [0.25, 0.3) is 0 Å². The van der Waals surface area contributed by atoms with Gasteiger partial charge in [-0.2, -0.15) is 9.65 Å². The molecule has 0 amide bonds. The Bertz CT molecular complexity index is 1840. The third-order valence-electron chi connectivity index (χ3n) is 6.51. The van der Waals surface area contributed by atoms with E-state index in [9.17, 15) is 18.4 Å². The topological polar surface area (TPSA) is 114 Å². The van der Waals surface area contributed by atoms with Crippen LogP contribution in [0.4, 0.5) is 34.6 Å². The van der Waals surface area contributed by atoms with Crippen LogP contribution >= 0.6 is 11.6 Å². The predicted molar refractivity (Wildman–Crippen MR) is 141 cm³/mol. The standard InChI is InChI=1S/C27H17ClF4N8O/c28-20-5-15(4-19-24(13(7-33)8-34-25(19)20)37-16-6-22(31)27(32)35-9-16)36-26(18-2-1-14(29)3-21(18)30)23-10-40(39-38-23)17-11-41-12-17/h1-6,8-10,17,26,36H,11-12H2,(H,34,37). The molecule has 1 fully saturated rings. The third kappa shape index (κ3) is 5.10. The van der Waals surface area contributed by atoms with Crippen LogP contribution in [0.1, 0.15) is 28.9 Å². The normalized spacial score (nSPS) is 14.0. The lowest BCUT2D eigenvalue weighted by Crippen LogP contribution is -2.31.